The van der Waals surface area contributed by atoms with Crippen molar-refractivity contribution >= 4 is 29.3 Å². The first-order valence-electron chi connectivity index (χ1n) is 10.6. The third-order valence-electron chi connectivity index (χ3n) is 5.56. The molecule has 5 nitrogen and oxygen atoms in total. The van der Waals surface area contributed by atoms with Gasteiger partial charge in [-0.25, -0.2) is 0 Å². The van der Waals surface area contributed by atoms with Gasteiger partial charge in [0, 0.05) is 4.90 Å². The summed E-state index contributed by atoms with van der Waals surface area (Å²) in [6, 6.07) is 14.3. The largest absolute Gasteiger partial charge is 0.345 e. The van der Waals surface area contributed by atoms with Crippen molar-refractivity contribution in [2.75, 3.05) is 31.7 Å². The first-order valence-corrected chi connectivity index (χ1v) is 11.8. The van der Waals surface area contributed by atoms with Crippen LogP contribution in [0.4, 0.5) is 5.69 Å². The van der Waals surface area contributed by atoms with E-state index < -0.39 is 0 Å². The molecule has 0 saturated carbocycles. The van der Waals surface area contributed by atoms with Gasteiger partial charge >= 0.3 is 0 Å². The maximum atomic E-state index is 12.5. The summed E-state index contributed by atoms with van der Waals surface area (Å²) in [5.74, 6) is -0.139. The van der Waals surface area contributed by atoms with E-state index in [4.69, 9.17) is 0 Å². The molecule has 1 aliphatic rings. The number of thioether (sulfide) groups is 1. The summed E-state index contributed by atoms with van der Waals surface area (Å²) in [6.07, 6.45) is 6.79. The van der Waals surface area contributed by atoms with E-state index in [0.717, 1.165) is 33.9 Å². The number of fused-ring (bicyclic) bond motifs is 1. The molecule has 0 saturated heterocycles. The number of hydrogen-bond acceptors (Lipinski definition) is 3. The number of aryl methyl sites for hydroxylation is 2. The number of para-hydroxylation sites is 1. The Balaban J connectivity index is 1.48. The highest BCUT2D eigenvalue weighted by atomic mass is 32.2. The highest BCUT2D eigenvalue weighted by Gasteiger charge is 2.18. The monoisotopic (exact) mass is 426 g/mol. The van der Waals surface area contributed by atoms with E-state index in [2.05, 4.69) is 28.8 Å². The van der Waals surface area contributed by atoms with E-state index in [-0.39, 0.29) is 30.9 Å². The van der Waals surface area contributed by atoms with E-state index in [1.807, 2.05) is 44.5 Å². The predicted octanol–water partition coefficient (Wildman–Crippen LogP) is 2.62. The standard InChI is InChI=1S/C24H31N3O2S/c1-17(19-13-12-18-8-4-5-9-20(18)14-19)25-23(28)15-27(2)16-24(29)26-21-10-6-7-11-22(21)30-3/h6-7,10-14,17H,4-5,8-9,15-16H2,1-3H3,(H,25,28)(H,26,29)/p+1/t17-/m0/s1. The summed E-state index contributed by atoms with van der Waals surface area (Å²) in [6.45, 7) is 2.51. The molecule has 0 bridgehead atoms. The van der Waals surface area contributed by atoms with Crippen LogP contribution in [-0.4, -0.2) is 38.2 Å². The zero-order valence-electron chi connectivity index (χ0n) is 18.1. The number of nitrogens with one attached hydrogen (secondary N) is 3. The molecule has 0 aliphatic heterocycles. The van der Waals surface area contributed by atoms with Crippen LogP contribution in [0.2, 0.25) is 0 Å². The first kappa shape index (κ1) is 22.4. The normalized spacial score (nSPS) is 15.0. The molecule has 1 unspecified atom stereocenters. The summed E-state index contributed by atoms with van der Waals surface area (Å²) in [4.78, 5) is 26.8. The Morgan fingerprint density at radius 3 is 2.50 bits per heavy atom. The number of rotatable bonds is 8. The van der Waals surface area contributed by atoms with Crippen molar-refractivity contribution < 1.29 is 14.5 Å². The molecule has 0 fully saturated rings. The zero-order chi connectivity index (χ0) is 21.5. The van der Waals surface area contributed by atoms with Crippen LogP contribution < -0.4 is 15.5 Å². The van der Waals surface area contributed by atoms with Gasteiger partial charge in [-0.15, -0.1) is 11.8 Å². The van der Waals surface area contributed by atoms with Crippen molar-refractivity contribution in [2.24, 2.45) is 0 Å². The van der Waals surface area contributed by atoms with Gasteiger partial charge in [-0.2, -0.15) is 0 Å². The van der Waals surface area contributed by atoms with Crippen LogP contribution in [0.15, 0.2) is 47.4 Å². The molecule has 0 radical (unpaired) electrons. The lowest BCUT2D eigenvalue weighted by atomic mass is 9.89. The fourth-order valence-corrected chi connectivity index (χ4v) is 4.51. The molecule has 2 atom stereocenters. The number of benzene rings is 2. The highest BCUT2D eigenvalue weighted by molar-refractivity contribution is 7.98. The fourth-order valence-electron chi connectivity index (χ4n) is 3.95. The van der Waals surface area contributed by atoms with Crippen LogP contribution in [0.1, 0.15) is 42.5 Å². The van der Waals surface area contributed by atoms with Gasteiger partial charge in [-0.05, 0) is 67.7 Å². The third kappa shape index (κ3) is 6.09. The molecule has 30 heavy (non-hydrogen) atoms. The molecule has 0 heterocycles. The molecule has 2 amide bonds. The molecule has 3 rings (SSSR count). The van der Waals surface area contributed by atoms with Crippen molar-refractivity contribution in [2.45, 2.75) is 43.5 Å². The van der Waals surface area contributed by atoms with E-state index in [1.54, 1.807) is 11.8 Å². The SMILES string of the molecule is CSc1ccccc1NC(=O)C[NH+](C)CC(=O)N[C@@H](C)c1ccc2c(c1)CCCC2. The Bertz CT molecular complexity index is 900. The van der Waals surface area contributed by atoms with Crippen LogP contribution in [0, 0.1) is 0 Å². The van der Waals surface area contributed by atoms with Gasteiger partial charge < -0.3 is 15.5 Å². The molecule has 2 aromatic carbocycles. The minimum absolute atomic E-state index is 0.0418. The van der Waals surface area contributed by atoms with E-state index in [0.29, 0.717) is 0 Å². The van der Waals surface area contributed by atoms with Gasteiger partial charge in [-0.3, -0.25) is 9.59 Å². The van der Waals surface area contributed by atoms with Crippen LogP contribution in [0.25, 0.3) is 0 Å². The summed E-state index contributed by atoms with van der Waals surface area (Å²) in [5.41, 5.74) is 4.83. The number of hydrogen-bond donors (Lipinski definition) is 3. The lowest BCUT2D eigenvalue weighted by Gasteiger charge is -2.21. The minimum Gasteiger partial charge on any atom is -0.345 e. The number of anilines is 1. The Morgan fingerprint density at radius 2 is 1.73 bits per heavy atom. The number of likely N-dealkylation sites (N-methyl/N-ethyl adjacent to an activating group) is 1. The average Bonchev–Trinajstić information content (AvgIpc) is 2.73. The second kappa shape index (κ2) is 10.6. The van der Waals surface area contributed by atoms with Gasteiger partial charge in [0.15, 0.2) is 13.1 Å². The molecule has 6 heteroatoms. The van der Waals surface area contributed by atoms with E-state index in [9.17, 15) is 9.59 Å². The number of carbonyl (C=O) groups excluding carboxylic acids is 2. The van der Waals surface area contributed by atoms with Crippen molar-refractivity contribution in [3.63, 3.8) is 0 Å². The molecule has 160 valence electrons. The third-order valence-corrected chi connectivity index (χ3v) is 6.35. The summed E-state index contributed by atoms with van der Waals surface area (Å²) in [7, 11) is 1.86. The van der Waals surface area contributed by atoms with Crippen molar-refractivity contribution in [3.8, 4) is 0 Å². The van der Waals surface area contributed by atoms with Crippen molar-refractivity contribution in [1.29, 1.82) is 0 Å². The van der Waals surface area contributed by atoms with Gasteiger partial charge in [0.25, 0.3) is 11.8 Å². The number of carbonyl (C=O) groups is 2. The zero-order valence-corrected chi connectivity index (χ0v) is 18.9. The molecule has 2 aromatic rings. The molecule has 1 aliphatic carbocycles. The smallest absolute Gasteiger partial charge is 0.279 e. The summed E-state index contributed by atoms with van der Waals surface area (Å²) < 4.78 is 0. The van der Waals surface area contributed by atoms with Crippen LogP contribution in [-0.2, 0) is 22.4 Å². The molecule has 3 N–H and O–H groups in total. The van der Waals surface area contributed by atoms with Crippen LogP contribution >= 0.6 is 11.8 Å². The van der Waals surface area contributed by atoms with Gasteiger partial charge in [0.05, 0.1) is 18.8 Å². The lowest BCUT2D eigenvalue weighted by molar-refractivity contribution is -0.862. The van der Waals surface area contributed by atoms with Gasteiger partial charge in [0.1, 0.15) is 0 Å². The topological polar surface area (TPSA) is 62.6 Å². The molecule has 0 spiro atoms. The Morgan fingerprint density at radius 1 is 1.03 bits per heavy atom. The molecular weight excluding hydrogens is 394 g/mol. The van der Waals surface area contributed by atoms with Crippen molar-refractivity contribution in [3.05, 3.63) is 59.2 Å². The average molecular weight is 427 g/mol. The summed E-state index contributed by atoms with van der Waals surface area (Å²) in [5, 5.41) is 6.03. The molecular formula is C24H32N3O2S+. The van der Waals surface area contributed by atoms with Crippen LogP contribution in [0.3, 0.4) is 0 Å². The number of quaternary nitrogens is 1. The van der Waals surface area contributed by atoms with E-state index in [1.165, 1.54) is 24.0 Å². The Hall–Kier alpha value is -2.31. The second-order valence-corrected chi connectivity index (χ2v) is 8.93. The number of amides is 2. The second-order valence-electron chi connectivity index (χ2n) is 8.08. The summed E-state index contributed by atoms with van der Waals surface area (Å²) >= 11 is 1.59. The lowest BCUT2D eigenvalue weighted by Crippen LogP contribution is -3.11. The predicted molar refractivity (Wildman–Crippen MR) is 123 cm³/mol. The first-order chi connectivity index (χ1) is 14.5. The Labute approximate surface area is 183 Å². The van der Waals surface area contributed by atoms with Gasteiger partial charge in [0.2, 0.25) is 0 Å². The van der Waals surface area contributed by atoms with Gasteiger partial charge in [-0.1, -0.05) is 30.3 Å². The Kier molecular flexibility index (Phi) is 7.94. The van der Waals surface area contributed by atoms with Crippen LogP contribution in [0.5, 0.6) is 0 Å². The quantitative estimate of drug-likeness (QED) is 0.569. The minimum atomic E-state index is -0.0930. The maximum absolute atomic E-state index is 12.5. The highest BCUT2D eigenvalue weighted by Crippen LogP contribution is 2.25. The molecule has 0 aromatic heterocycles. The maximum Gasteiger partial charge on any atom is 0.279 e. The van der Waals surface area contributed by atoms with Crippen molar-refractivity contribution in [1.82, 2.24) is 5.32 Å². The van der Waals surface area contributed by atoms with E-state index >= 15 is 0 Å². The fraction of sp³-hybridized carbons (Fsp3) is 0.417.